The van der Waals surface area contributed by atoms with Gasteiger partial charge in [-0.1, -0.05) is 0 Å². The number of aromatic nitrogens is 3. The van der Waals surface area contributed by atoms with Gasteiger partial charge in [0.05, 0.1) is 11.5 Å². The zero-order valence-corrected chi connectivity index (χ0v) is 11.5. The molecule has 7 heteroatoms. The Morgan fingerprint density at radius 3 is 2.75 bits per heavy atom. The molecule has 1 saturated heterocycles. The topological polar surface area (TPSA) is 42.7 Å². The Morgan fingerprint density at radius 2 is 2.10 bits per heavy atom. The van der Waals surface area contributed by atoms with Crippen LogP contribution in [0, 0.1) is 5.92 Å². The fourth-order valence-corrected chi connectivity index (χ4v) is 3.25. The number of alkyl halides is 3. The van der Waals surface area contributed by atoms with Gasteiger partial charge in [-0.3, -0.25) is 0 Å². The Bertz CT molecular complexity index is 488. The summed E-state index contributed by atoms with van der Waals surface area (Å²) < 4.78 is 40.5. The second-order valence-electron chi connectivity index (χ2n) is 6.04. The smallest absolute Gasteiger partial charge is 0.313 e. The van der Waals surface area contributed by atoms with Crippen LogP contribution >= 0.6 is 0 Å². The number of rotatable bonds is 1. The van der Waals surface area contributed by atoms with Crippen molar-refractivity contribution in [1.82, 2.24) is 20.1 Å². The molecule has 4 nitrogen and oxygen atoms in total. The molecular formula is C13H19F3N4. The van der Waals surface area contributed by atoms with Crippen molar-refractivity contribution in [3.63, 3.8) is 0 Å². The average molecular weight is 288 g/mol. The number of hydrogen-bond acceptors (Lipinski definition) is 3. The average Bonchev–Trinajstić information content (AvgIpc) is 2.82. The molecule has 1 aromatic heterocycles. The summed E-state index contributed by atoms with van der Waals surface area (Å²) >= 11 is 0. The van der Waals surface area contributed by atoms with Crippen LogP contribution in [0.5, 0.6) is 0 Å². The largest absolute Gasteiger partial charge is 0.393 e. The lowest BCUT2D eigenvalue weighted by Crippen LogP contribution is -2.46. The minimum Gasteiger partial charge on any atom is -0.313 e. The molecule has 1 N–H and O–H groups in total. The summed E-state index contributed by atoms with van der Waals surface area (Å²) in [4.78, 5) is 0. The highest BCUT2D eigenvalue weighted by Crippen LogP contribution is 2.37. The third-order valence-electron chi connectivity index (χ3n) is 4.52. The van der Waals surface area contributed by atoms with Crippen LogP contribution in [0.15, 0.2) is 0 Å². The van der Waals surface area contributed by atoms with E-state index in [1.54, 1.807) is 4.57 Å². The minimum atomic E-state index is -4.14. The fraction of sp³-hybridized carbons (Fsp3) is 0.846. The van der Waals surface area contributed by atoms with E-state index < -0.39 is 12.1 Å². The summed E-state index contributed by atoms with van der Waals surface area (Å²) in [5.41, 5.74) is -0.350. The lowest BCUT2D eigenvalue weighted by atomic mass is 9.89. The quantitative estimate of drug-likeness (QED) is 0.863. The van der Waals surface area contributed by atoms with E-state index in [4.69, 9.17) is 0 Å². The molecule has 2 atom stereocenters. The number of nitrogens with zero attached hydrogens (tertiary/aromatic N) is 3. The van der Waals surface area contributed by atoms with Gasteiger partial charge in [0.15, 0.2) is 5.82 Å². The van der Waals surface area contributed by atoms with Crippen molar-refractivity contribution < 1.29 is 13.2 Å². The van der Waals surface area contributed by atoms with Crippen molar-refractivity contribution in [2.45, 2.75) is 57.3 Å². The highest BCUT2D eigenvalue weighted by Gasteiger charge is 2.44. The van der Waals surface area contributed by atoms with E-state index in [1.165, 1.54) is 0 Å². The Labute approximate surface area is 115 Å². The molecule has 20 heavy (non-hydrogen) atoms. The van der Waals surface area contributed by atoms with Gasteiger partial charge in [-0.15, -0.1) is 10.2 Å². The molecule has 2 aliphatic heterocycles. The first-order valence-electron chi connectivity index (χ1n) is 7.14. The molecule has 0 bridgehead atoms. The van der Waals surface area contributed by atoms with E-state index in [2.05, 4.69) is 15.5 Å². The molecule has 0 amide bonds. The molecule has 3 rings (SSSR count). The van der Waals surface area contributed by atoms with Gasteiger partial charge in [0.25, 0.3) is 0 Å². The van der Waals surface area contributed by atoms with Gasteiger partial charge in [0.1, 0.15) is 5.82 Å². The van der Waals surface area contributed by atoms with Gasteiger partial charge in [0, 0.05) is 13.0 Å². The van der Waals surface area contributed by atoms with Crippen LogP contribution in [0.4, 0.5) is 13.2 Å². The Balaban J connectivity index is 1.91. The lowest BCUT2D eigenvalue weighted by Gasteiger charge is -2.36. The van der Waals surface area contributed by atoms with E-state index in [0.29, 0.717) is 18.1 Å². The van der Waals surface area contributed by atoms with Crippen molar-refractivity contribution >= 4 is 0 Å². The van der Waals surface area contributed by atoms with Crippen LogP contribution in [0.2, 0.25) is 0 Å². The maximum atomic E-state index is 12.9. The molecule has 3 heterocycles. The molecule has 0 saturated carbocycles. The second-order valence-corrected chi connectivity index (χ2v) is 6.04. The van der Waals surface area contributed by atoms with Crippen molar-refractivity contribution in [2.24, 2.45) is 5.92 Å². The zero-order valence-electron chi connectivity index (χ0n) is 11.5. The van der Waals surface area contributed by atoms with Crippen LogP contribution < -0.4 is 5.32 Å². The third-order valence-corrected chi connectivity index (χ3v) is 4.52. The van der Waals surface area contributed by atoms with Crippen molar-refractivity contribution in [3.05, 3.63) is 11.6 Å². The van der Waals surface area contributed by atoms with Crippen LogP contribution in [0.3, 0.4) is 0 Å². The Kier molecular flexibility index (Phi) is 3.27. The first-order chi connectivity index (χ1) is 9.40. The van der Waals surface area contributed by atoms with Crippen LogP contribution in [-0.4, -0.2) is 27.5 Å². The van der Waals surface area contributed by atoms with E-state index in [-0.39, 0.29) is 18.5 Å². The van der Waals surface area contributed by atoms with Gasteiger partial charge < -0.3 is 9.88 Å². The number of fused-ring (bicyclic) bond motifs is 1. The van der Waals surface area contributed by atoms with E-state index in [0.717, 1.165) is 25.8 Å². The maximum absolute atomic E-state index is 12.9. The standard InChI is InChI=1S/C13H19F3N4/c1-12(6-2-3-7-17-12)11-19-18-10-5-4-9(8-20(10)11)13(14,15)16/h9,17H,2-8H2,1H3. The molecule has 2 aliphatic rings. The molecule has 0 radical (unpaired) electrons. The molecule has 1 aromatic rings. The summed E-state index contributed by atoms with van der Waals surface area (Å²) in [5, 5.41) is 11.7. The number of halogens is 3. The van der Waals surface area contributed by atoms with Crippen LogP contribution in [0.25, 0.3) is 0 Å². The van der Waals surface area contributed by atoms with E-state index in [1.807, 2.05) is 6.92 Å². The van der Waals surface area contributed by atoms with Gasteiger partial charge in [-0.25, -0.2) is 0 Å². The second kappa shape index (κ2) is 4.72. The first kappa shape index (κ1) is 13.9. The van der Waals surface area contributed by atoms with E-state index >= 15 is 0 Å². The summed E-state index contributed by atoms with van der Waals surface area (Å²) in [6.45, 7) is 2.85. The normalized spacial score (nSPS) is 31.1. The summed E-state index contributed by atoms with van der Waals surface area (Å²) in [6.07, 6.45) is -0.614. The highest BCUT2D eigenvalue weighted by molar-refractivity contribution is 5.11. The number of nitrogens with one attached hydrogen (secondary N) is 1. The van der Waals surface area contributed by atoms with Crippen LogP contribution in [0.1, 0.15) is 44.3 Å². The number of hydrogen-bond donors (Lipinski definition) is 1. The SMILES string of the molecule is CC1(c2nnc3n2CC(C(F)(F)F)CC3)CCCCN1. The predicted molar refractivity (Wildman–Crippen MR) is 67.1 cm³/mol. The van der Waals surface area contributed by atoms with Crippen molar-refractivity contribution in [1.29, 1.82) is 0 Å². The fourth-order valence-electron chi connectivity index (χ4n) is 3.25. The molecular weight excluding hydrogens is 269 g/mol. The molecule has 1 fully saturated rings. The van der Waals surface area contributed by atoms with Gasteiger partial charge in [-0.2, -0.15) is 13.2 Å². The van der Waals surface area contributed by atoms with Crippen LogP contribution in [-0.2, 0) is 18.5 Å². The summed E-state index contributed by atoms with van der Waals surface area (Å²) in [7, 11) is 0. The molecule has 2 unspecified atom stereocenters. The monoisotopic (exact) mass is 288 g/mol. The first-order valence-corrected chi connectivity index (χ1v) is 7.14. The molecule has 0 aliphatic carbocycles. The Morgan fingerprint density at radius 1 is 1.30 bits per heavy atom. The van der Waals surface area contributed by atoms with Gasteiger partial charge in [-0.05, 0) is 39.2 Å². The maximum Gasteiger partial charge on any atom is 0.393 e. The lowest BCUT2D eigenvalue weighted by molar-refractivity contribution is -0.182. The number of aryl methyl sites for hydroxylation is 1. The van der Waals surface area contributed by atoms with E-state index in [9.17, 15) is 13.2 Å². The van der Waals surface area contributed by atoms with Crippen molar-refractivity contribution in [2.75, 3.05) is 6.54 Å². The summed E-state index contributed by atoms with van der Waals surface area (Å²) in [5.74, 6) is 0.0761. The molecule has 112 valence electrons. The Hall–Kier alpha value is -1.11. The van der Waals surface area contributed by atoms with Crippen molar-refractivity contribution in [3.8, 4) is 0 Å². The predicted octanol–water partition coefficient (Wildman–Crippen LogP) is 2.39. The molecule has 0 spiro atoms. The third kappa shape index (κ3) is 2.32. The number of piperidine rings is 1. The van der Waals surface area contributed by atoms with Gasteiger partial charge in [0.2, 0.25) is 0 Å². The molecule has 0 aromatic carbocycles. The van der Waals surface area contributed by atoms with Gasteiger partial charge >= 0.3 is 6.18 Å². The summed E-state index contributed by atoms with van der Waals surface area (Å²) in [6, 6.07) is 0. The highest BCUT2D eigenvalue weighted by atomic mass is 19.4. The minimum absolute atomic E-state index is 0.0432. The zero-order chi connectivity index (χ0) is 14.4.